The SMILES string of the molecule is CNC(=O)[C@@H]1O[C@H](n2cnc3c(NCc4cccc(C)c4)nc(Cl)nc32)[C@@H](O)[C@H]1O. The smallest absolute Gasteiger partial charge is 0.251 e. The molecule has 1 aromatic carbocycles. The number of carbonyl (C=O) groups excluding carboxylic acids is 1. The molecule has 158 valence electrons. The highest BCUT2D eigenvalue weighted by Crippen LogP contribution is 2.33. The Morgan fingerprint density at radius 2 is 2.10 bits per heavy atom. The number of benzene rings is 1. The number of anilines is 1. The summed E-state index contributed by atoms with van der Waals surface area (Å²) in [6.45, 7) is 2.51. The molecule has 1 amide bonds. The number of amides is 1. The lowest BCUT2D eigenvalue weighted by atomic mass is 10.1. The summed E-state index contributed by atoms with van der Waals surface area (Å²) in [7, 11) is 1.42. The Labute approximate surface area is 176 Å². The number of aryl methyl sites for hydroxylation is 1. The topological polar surface area (TPSA) is 134 Å². The third kappa shape index (κ3) is 3.70. The van der Waals surface area contributed by atoms with Gasteiger partial charge in [0.25, 0.3) is 5.91 Å². The van der Waals surface area contributed by atoms with Crippen molar-refractivity contribution in [3.8, 4) is 0 Å². The maximum absolute atomic E-state index is 11.9. The summed E-state index contributed by atoms with van der Waals surface area (Å²) < 4.78 is 7.03. The Morgan fingerprint density at radius 3 is 2.83 bits per heavy atom. The molecule has 10 nitrogen and oxygen atoms in total. The van der Waals surface area contributed by atoms with Gasteiger partial charge in [0.2, 0.25) is 5.28 Å². The number of nitrogens with zero attached hydrogens (tertiary/aromatic N) is 4. The average Bonchev–Trinajstić information content (AvgIpc) is 3.27. The number of rotatable bonds is 5. The van der Waals surface area contributed by atoms with Crippen LogP contribution in [-0.2, 0) is 16.1 Å². The number of aromatic nitrogens is 4. The van der Waals surface area contributed by atoms with Gasteiger partial charge < -0.3 is 25.6 Å². The second-order valence-corrected chi connectivity index (χ2v) is 7.39. The van der Waals surface area contributed by atoms with Gasteiger partial charge in [-0.1, -0.05) is 29.8 Å². The normalized spacial score (nSPS) is 23.6. The van der Waals surface area contributed by atoms with Crippen molar-refractivity contribution in [2.75, 3.05) is 12.4 Å². The van der Waals surface area contributed by atoms with Gasteiger partial charge in [-0.3, -0.25) is 9.36 Å². The summed E-state index contributed by atoms with van der Waals surface area (Å²) in [5, 5.41) is 26.2. The van der Waals surface area contributed by atoms with Crippen molar-refractivity contribution in [3.05, 3.63) is 47.0 Å². The van der Waals surface area contributed by atoms with Crippen LogP contribution in [0.4, 0.5) is 5.82 Å². The minimum absolute atomic E-state index is 0.0214. The summed E-state index contributed by atoms with van der Waals surface area (Å²) in [6.07, 6.45) is -3.64. The van der Waals surface area contributed by atoms with E-state index in [0.717, 1.165) is 11.1 Å². The number of aliphatic hydroxyl groups excluding tert-OH is 2. The molecule has 2 aromatic heterocycles. The van der Waals surface area contributed by atoms with Gasteiger partial charge in [0.1, 0.15) is 12.2 Å². The number of imidazole rings is 1. The molecule has 1 saturated heterocycles. The highest BCUT2D eigenvalue weighted by atomic mass is 35.5. The van der Waals surface area contributed by atoms with E-state index in [1.165, 1.54) is 17.9 Å². The molecule has 4 N–H and O–H groups in total. The highest BCUT2D eigenvalue weighted by Gasteiger charge is 2.47. The molecule has 0 bridgehead atoms. The van der Waals surface area contributed by atoms with E-state index in [2.05, 4.69) is 31.7 Å². The third-order valence-electron chi connectivity index (χ3n) is 4.95. The molecule has 1 aliphatic heterocycles. The van der Waals surface area contributed by atoms with Gasteiger partial charge in [-0.05, 0) is 24.1 Å². The molecule has 4 rings (SSSR count). The average molecular weight is 433 g/mol. The van der Waals surface area contributed by atoms with Crippen LogP contribution in [0.1, 0.15) is 17.4 Å². The Bertz CT molecular complexity index is 1090. The standard InChI is InChI=1S/C19H21ClN6O4/c1-9-4-3-5-10(6-9)7-22-15-11-16(25-19(20)24-15)26(8-23-11)18-13(28)12(27)14(30-18)17(29)21-2/h3-6,8,12-14,18,27-28H,7H2,1-2H3,(H,21,29)(H,22,24,25)/t12-,13+,14-,18+/m1/s1. The number of nitrogens with one attached hydrogen (secondary N) is 2. The Balaban J connectivity index is 1.64. The lowest BCUT2D eigenvalue weighted by Crippen LogP contribution is -2.41. The highest BCUT2D eigenvalue weighted by molar-refractivity contribution is 6.28. The van der Waals surface area contributed by atoms with Crippen molar-refractivity contribution < 1.29 is 19.7 Å². The number of halogens is 1. The number of fused-ring (bicyclic) bond motifs is 1. The molecule has 11 heteroatoms. The molecule has 3 heterocycles. The number of carbonyl (C=O) groups is 1. The first-order valence-corrected chi connectivity index (χ1v) is 9.69. The molecule has 0 saturated carbocycles. The van der Waals surface area contributed by atoms with Crippen LogP contribution in [0.15, 0.2) is 30.6 Å². The van der Waals surface area contributed by atoms with E-state index in [0.29, 0.717) is 23.5 Å². The van der Waals surface area contributed by atoms with Gasteiger partial charge in [-0.25, -0.2) is 4.98 Å². The van der Waals surface area contributed by atoms with E-state index in [4.69, 9.17) is 16.3 Å². The monoisotopic (exact) mass is 432 g/mol. The Hall–Kier alpha value is -2.79. The van der Waals surface area contributed by atoms with E-state index >= 15 is 0 Å². The Morgan fingerprint density at radius 1 is 1.30 bits per heavy atom. The maximum atomic E-state index is 11.9. The van der Waals surface area contributed by atoms with Crippen LogP contribution in [0.3, 0.4) is 0 Å². The fourth-order valence-corrected chi connectivity index (χ4v) is 3.62. The second-order valence-electron chi connectivity index (χ2n) is 7.05. The summed E-state index contributed by atoms with van der Waals surface area (Å²) in [5.41, 5.74) is 2.92. The van der Waals surface area contributed by atoms with E-state index in [-0.39, 0.29) is 5.28 Å². The zero-order valence-electron chi connectivity index (χ0n) is 16.3. The van der Waals surface area contributed by atoms with Crippen LogP contribution in [0.2, 0.25) is 5.28 Å². The number of hydrogen-bond donors (Lipinski definition) is 4. The minimum Gasteiger partial charge on any atom is -0.387 e. The molecular weight excluding hydrogens is 412 g/mol. The number of aliphatic hydroxyl groups is 2. The van der Waals surface area contributed by atoms with E-state index in [1.54, 1.807) is 0 Å². The maximum Gasteiger partial charge on any atom is 0.251 e. The molecule has 0 unspecified atom stereocenters. The number of hydrogen-bond acceptors (Lipinski definition) is 8. The molecule has 30 heavy (non-hydrogen) atoms. The largest absolute Gasteiger partial charge is 0.387 e. The van der Waals surface area contributed by atoms with Crippen molar-refractivity contribution in [3.63, 3.8) is 0 Å². The van der Waals surface area contributed by atoms with E-state index in [1.807, 2.05) is 25.1 Å². The fraction of sp³-hybridized carbons (Fsp3) is 0.368. The van der Waals surface area contributed by atoms with Crippen LogP contribution in [0.5, 0.6) is 0 Å². The predicted octanol–water partition coefficient (Wildman–Crippen LogP) is 0.765. The first kappa shape index (κ1) is 20.5. The zero-order valence-corrected chi connectivity index (χ0v) is 17.0. The molecule has 1 aliphatic rings. The molecule has 4 atom stereocenters. The minimum atomic E-state index is -1.40. The Kier molecular flexibility index (Phi) is 5.56. The van der Waals surface area contributed by atoms with Crippen LogP contribution < -0.4 is 10.6 Å². The zero-order chi connectivity index (χ0) is 21.4. The van der Waals surface area contributed by atoms with Crippen molar-refractivity contribution >= 4 is 34.5 Å². The molecular formula is C19H21ClN6O4. The van der Waals surface area contributed by atoms with Crippen LogP contribution >= 0.6 is 11.6 Å². The van der Waals surface area contributed by atoms with E-state index < -0.39 is 30.4 Å². The van der Waals surface area contributed by atoms with Gasteiger partial charge in [-0.2, -0.15) is 9.97 Å². The molecule has 1 fully saturated rings. The van der Waals surface area contributed by atoms with Gasteiger partial charge in [0.05, 0.1) is 6.33 Å². The lowest BCUT2D eigenvalue weighted by Gasteiger charge is -2.16. The van der Waals surface area contributed by atoms with E-state index in [9.17, 15) is 15.0 Å². The molecule has 0 radical (unpaired) electrons. The summed E-state index contributed by atoms with van der Waals surface area (Å²) in [6, 6.07) is 8.02. The van der Waals surface area contributed by atoms with Crippen molar-refractivity contribution in [1.82, 2.24) is 24.8 Å². The lowest BCUT2D eigenvalue weighted by molar-refractivity contribution is -0.137. The van der Waals surface area contributed by atoms with Crippen molar-refractivity contribution in [2.24, 2.45) is 0 Å². The van der Waals surface area contributed by atoms with Gasteiger partial charge in [-0.15, -0.1) is 0 Å². The van der Waals surface area contributed by atoms with Crippen LogP contribution in [-0.4, -0.2) is 61.0 Å². The van der Waals surface area contributed by atoms with Gasteiger partial charge in [0, 0.05) is 13.6 Å². The quantitative estimate of drug-likeness (QED) is 0.434. The first-order valence-electron chi connectivity index (χ1n) is 9.31. The van der Waals surface area contributed by atoms with Gasteiger partial charge >= 0.3 is 0 Å². The van der Waals surface area contributed by atoms with Crippen LogP contribution in [0, 0.1) is 6.92 Å². The predicted molar refractivity (Wildman–Crippen MR) is 109 cm³/mol. The number of ether oxygens (including phenoxy) is 1. The molecule has 0 aliphatic carbocycles. The summed E-state index contributed by atoms with van der Waals surface area (Å²) >= 11 is 6.11. The van der Waals surface area contributed by atoms with Crippen molar-refractivity contribution in [1.29, 1.82) is 0 Å². The third-order valence-corrected chi connectivity index (χ3v) is 5.12. The summed E-state index contributed by atoms with van der Waals surface area (Å²) in [4.78, 5) is 24.7. The molecule has 0 spiro atoms. The fourth-order valence-electron chi connectivity index (χ4n) is 3.46. The van der Waals surface area contributed by atoms with Crippen LogP contribution in [0.25, 0.3) is 11.2 Å². The molecule has 3 aromatic rings. The van der Waals surface area contributed by atoms with Crippen molar-refractivity contribution in [2.45, 2.75) is 38.0 Å². The second kappa shape index (κ2) is 8.15. The van der Waals surface area contributed by atoms with Gasteiger partial charge in [0.15, 0.2) is 29.3 Å². The number of likely N-dealkylation sites (N-methyl/N-ethyl adjacent to an activating group) is 1. The first-order chi connectivity index (χ1) is 14.4. The summed E-state index contributed by atoms with van der Waals surface area (Å²) in [5.74, 6) is -0.122.